The SMILES string of the molecule is O=C(Nc1ccc(I)cc1F)c1ccccc1. The molecule has 86 valence electrons. The van der Waals surface area contributed by atoms with Crippen molar-refractivity contribution in [2.24, 2.45) is 0 Å². The molecule has 1 N–H and O–H groups in total. The zero-order chi connectivity index (χ0) is 12.3. The van der Waals surface area contributed by atoms with Gasteiger partial charge in [-0.1, -0.05) is 18.2 Å². The van der Waals surface area contributed by atoms with Gasteiger partial charge in [-0.2, -0.15) is 0 Å². The Hall–Kier alpha value is -1.43. The van der Waals surface area contributed by atoms with Crippen LogP contribution in [-0.4, -0.2) is 5.91 Å². The van der Waals surface area contributed by atoms with Crippen LogP contribution in [0, 0.1) is 9.39 Å². The van der Waals surface area contributed by atoms with E-state index in [1.165, 1.54) is 6.07 Å². The maximum Gasteiger partial charge on any atom is 0.255 e. The summed E-state index contributed by atoms with van der Waals surface area (Å²) in [6, 6.07) is 13.4. The van der Waals surface area contributed by atoms with E-state index in [1.54, 1.807) is 36.4 Å². The van der Waals surface area contributed by atoms with Crippen molar-refractivity contribution in [3.8, 4) is 0 Å². The molecule has 0 aliphatic carbocycles. The zero-order valence-corrected chi connectivity index (χ0v) is 10.9. The molecule has 0 saturated heterocycles. The number of amides is 1. The van der Waals surface area contributed by atoms with E-state index in [0.717, 1.165) is 3.57 Å². The van der Waals surface area contributed by atoms with Crippen molar-refractivity contribution in [3.05, 3.63) is 63.5 Å². The molecule has 0 saturated carbocycles. The lowest BCUT2D eigenvalue weighted by Crippen LogP contribution is -2.12. The van der Waals surface area contributed by atoms with Crippen molar-refractivity contribution >= 4 is 34.2 Å². The number of rotatable bonds is 2. The van der Waals surface area contributed by atoms with Gasteiger partial charge < -0.3 is 5.32 Å². The van der Waals surface area contributed by atoms with E-state index >= 15 is 0 Å². The molecule has 2 aromatic rings. The van der Waals surface area contributed by atoms with Gasteiger partial charge in [0, 0.05) is 9.13 Å². The van der Waals surface area contributed by atoms with Crippen molar-refractivity contribution in [3.63, 3.8) is 0 Å². The van der Waals surface area contributed by atoms with Gasteiger partial charge in [-0.3, -0.25) is 4.79 Å². The van der Waals surface area contributed by atoms with Crippen molar-refractivity contribution in [2.75, 3.05) is 5.32 Å². The van der Waals surface area contributed by atoms with Crippen LogP contribution in [0.25, 0.3) is 0 Å². The average molecular weight is 341 g/mol. The van der Waals surface area contributed by atoms with E-state index in [4.69, 9.17) is 0 Å². The Balaban J connectivity index is 2.19. The lowest BCUT2D eigenvalue weighted by Gasteiger charge is -2.06. The number of nitrogens with one attached hydrogen (secondary N) is 1. The van der Waals surface area contributed by atoms with Crippen LogP contribution >= 0.6 is 22.6 Å². The summed E-state index contributed by atoms with van der Waals surface area (Å²) in [5.74, 6) is -0.744. The number of halogens is 2. The minimum Gasteiger partial charge on any atom is -0.319 e. The molecule has 17 heavy (non-hydrogen) atoms. The number of carbonyl (C=O) groups excluding carboxylic acids is 1. The first-order chi connectivity index (χ1) is 8.16. The molecular formula is C13H9FINO. The fourth-order valence-corrected chi connectivity index (χ4v) is 1.83. The molecule has 0 bridgehead atoms. The average Bonchev–Trinajstić information content (AvgIpc) is 2.34. The van der Waals surface area contributed by atoms with Gasteiger partial charge >= 0.3 is 0 Å². The molecule has 0 heterocycles. The van der Waals surface area contributed by atoms with Gasteiger partial charge in [-0.25, -0.2) is 4.39 Å². The highest BCUT2D eigenvalue weighted by Crippen LogP contribution is 2.17. The molecule has 1 amide bonds. The summed E-state index contributed by atoms with van der Waals surface area (Å²) in [4.78, 5) is 11.8. The van der Waals surface area contributed by atoms with Crippen molar-refractivity contribution in [1.29, 1.82) is 0 Å². The Kier molecular flexibility index (Phi) is 3.73. The number of hydrogen-bond acceptors (Lipinski definition) is 1. The summed E-state index contributed by atoms with van der Waals surface area (Å²) < 4.78 is 14.3. The normalized spacial score (nSPS) is 10.0. The first-order valence-corrected chi connectivity index (χ1v) is 6.06. The number of carbonyl (C=O) groups is 1. The molecule has 0 unspecified atom stereocenters. The summed E-state index contributed by atoms with van der Waals surface area (Å²) in [7, 11) is 0. The topological polar surface area (TPSA) is 29.1 Å². The molecule has 2 nitrogen and oxygen atoms in total. The molecule has 2 rings (SSSR count). The first kappa shape index (κ1) is 12.0. The van der Waals surface area contributed by atoms with Crippen LogP contribution in [-0.2, 0) is 0 Å². The van der Waals surface area contributed by atoms with E-state index in [1.807, 2.05) is 28.7 Å². The van der Waals surface area contributed by atoms with E-state index in [2.05, 4.69) is 5.32 Å². The highest BCUT2D eigenvalue weighted by molar-refractivity contribution is 14.1. The lowest BCUT2D eigenvalue weighted by atomic mass is 10.2. The van der Waals surface area contributed by atoms with Crippen LogP contribution in [0.2, 0.25) is 0 Å². The van der Waals surface area contributed by atoms with Crippen LogP contribution < -0.4 is 5.32 Å². The maximum atomic E-state index is 13.5. The molecule has 0 spiro atoms. The Labute approximate surface area is 112 Å². The standard InChI is InChI=1S/C13H9FINO/c14-11-8-10(15)6-7-12(11)16-13(17)9-4-2-1-3-5-9/h1-8H,(H,16,17). The largest absolute Gasteiger partial charge is 0.319 e. The second-order valence-electron chi connectivity index (χ2n) is 3.44. The number of benzene rings is 2. The van der Waals surface area contributed by atoms with Crippen molar-refractivity contribution in [2.45, 2.75) is 0 Å². The van der Waals surface area contributed by atoms with Gasteiger partial charge in [0.1, 0.15) is 5.82 Å². The van der Waals surface area contributed by atoms with Gasteiger partial charge in [0.25, 0.3) is 5.91 Å². The van der Waals surface area contributed by atoms with Gasteiger partial charge in [-0.15, -0.1) is 0 Å². The molecule has 2 aromatic carbocycles. The Morgan fingerprint density at radius 1 is 1.12 bits per heavy atom. The molecule has 0 aliphatic heterocycles. The third kappa shape index (κ3) is 3.03. The van der Waals surface area contributed by atoms with Crippen LogP contribution in [0.1, 0.15) is 10.4 Å². The number of hydrogen-bond donors (Lipinski definition) is 1. The smallest absolute Gasteiger partial charge is 0.255 e. The fraction of sp³-hybridized carbons (Fsp3) is 0. The van der Waals surface area contributed by atoms with Gasteiger partial charge in [-0.05, 0) is 52.9 Å². The second-order valence-corrected chi connectivity index (χ2v) is 4.69. The predicted molar refractivity (Wildman–Crippen MR) is 73.5 cm³/mol. The summed E-state index contributed by atoms with van der Waals surface area (Å²) in [6.45, 7) is 0. The molecular weight excluding hydrogens is 332 g/mol. The molecule has 4 heteroatoms. The van der Waals surface area contributed by atoms with Crippen molar-refractivity contribution < 1.29 is 9.18 Å². The zero-order valence-electron chi connectivity index (χ0n) is 8.78. The van der Waals surface area contributed by atoms with E-state index in [0.29, 0.717) is 5.56 Å². The maximum absolute atomic E-state index is 13.5. The summed E-state index contributed by atoms with van der Waals surface area (Å²) in [5, 5.41) is 2.54. The Morgan fingerprint density at radius 3 is 2.47 bits per heavy atom. The van der Waals surface area contributed by atoms with E-state index in [-0.39, 0.29) is 11.6 Å². The third-order valence-electron chi connectivity index (χ3n) is 2.22. The highest BCUT2D eigenvalue weighted by atomic mass is 127. The quantitative estimate of drug-likeness (QED) is 0.830. The fourth-order valence-electron chi connectivity index (χ4n) is 1.37. The minimum atomic E-state index is -0.429. The molecule has 0 radical (unpaired) electrons. The lowest BCUT2D eigenvalue weighted by molar-refractivity contribution is 0.102. The van der Waals surface area contributed by atoms with E-state index < -0.39 is 5.82 Å². The first-order valence-electron chi connectivity index (χ1n) is 4.98. The molecule has 0 atom stereocenters. The highest BCUT2D eigenvalue weighted by Gasteiger charge is 2.08. The monoisotopic (exact) mass is 341 g/mol. The van der Waals surface area contributed by atoms with E-state index in [9.17, 15) is 9.18 Å². The Bertz CT molecular complexity index is 542. The summed E-state index contributed by atoms with van der Waals surface area (Å²) in [6.07, 6.45) is 0. The van der Waals surface area contributed by atoms with Crippen LogP contribution in [0.5, 0.6) is 0 Å². The van der Waals surface area contributed by atoms with Crippen LogP contribution in [0.3, 0.4) is 0 Å². The molecule has 0 fully saturated rings. The van der Waals surface area contributed by atoms with Crippen LogP contribution in [0.4, 0.5) is 10.1 Å². The number of anilines is 1. The van der Waals surface area contributed by atoms with Gasteiger partial charge in [0.15, 0.2) is 0 Å². The molecule has 0 aromatic heterocycles. The van der Waals surface area contributed by atoms with Crippen molar-refractivity contribution in [1.82, 2.24) is 0 Å². The predicted octanol–water partition coefficient (Wildman–Crippen LogP) is 3.68. The Morgan fingerprint density at radius 2 is 1.82 bits per heavy atom. The minimum absolute atomic E-state index is 0.194. The summed E-state index contributed by atoms with van der Waals surface area (Å²) in [5.41, 5.74) is 0.699. The van der Waals surface area contributed by atoms with Crippen LogP contribution in [0.15, 0.2) is 48.5 Å². The van der Waals surface area contributed by atoms with Gasteiger partial charge in [0.05, 0.1) is 5.69 Å². The third-order valence-corrected chi connectivity index (χ3v) is 2.89. The second kappa shape index (κ2) is 5.27. The van der Waals surface area contributed by atoms with Gasteiger partial charge in [0.2, 0.25) is 0 Å². The molecule has 0 aliphatic rings. The summed E-state index contributed by atoms with van der Waals surface area (Å²) >= 11 is 2.01.